The largest absolute Gasteiger partial charge is 0.489 e. The number of nitrogens with one attached hydrogen (secondary N) is 2. The molecular weight excluding hydrogens is 377 g/mol. The average molecular weight is 397 g/mol. The molecule has 2 amide bonds. The molecular formula is C20H20FN5O3. The molecule has 1 aliphatic heterocycles. The number of anilines is 1. The number of rotatable bonds is 4. The standard InChI is InChI=1S/C20H20FN5O3/c1-3-5-12-6-4-7-16-23-18(25-26(12)16)20(28)22-14-10-29-15-9-11(2)8-13(21)17(15)24-19(14)27/h4,6-9,14H,3,5,10H2,1-2H3,(H,22,28)(H,24,27)/t14-/m0/s1. The number of carbonyl (C=O) groups is 2. The number of aryl methyl sites for hydroxylation is 2. The molecule has 9 heteroatoms. The van der Waals surface area contributed by atoms with Gasteiger partial charge in [-0.2, -0.15) is 0 Å². The van der Waals surface area contributed by atoms with E-state index >= 15 is 0 Å². The van der Waals surface area contributed by atoms with E-state index in [1.807, 2.05) is 12.1 Å². The molecule has 2 aromatic heterocycles. The van der Waals surface area contributed by atoms with Crippen molar-refractivity contribution in [1.29, 1.82) is 0 Å². The van der Waals surface area contributed by atoms with E-state index in [4.69, 9.17) is 4.74 Å². The number of hydrogen-bond acceptors (Lipinski definition) is 5. The first kappa shape index (κ1) is 18.9. The van der Waals surface area contributed by atoms with Gasteiger partial charge in [0.05, 0.1) is 0 Å². The van der Waals surface area contributed by atoms with Gasteiger partial charge in [-0.05, 0) is 43.2 Å². The lowest BCUT2D eigenvalue weighted by Crippen LogP contribution is -2.46. The molecule has 1 aliphatic rings. The van der Waals surface area contributed by atoms with Crippen LogP contribution in [0.4, 0.5) is 10.1 Å². The molecule has 0 aliphatic carbocycles. The number of carbonyl (C=O) groups excluding carboxylic acids is 2. The summed E-state index contributed by atoms with van der Waals surface area (Å²) in [6.07, 6.45) is 1.72. The van der Waals surface area contributed by atoms with Crippen molar-refractivity contribution in [2.45, 2.75) is 32.7 Å². The summed E-state index contributed by atoms with van der Waals surface area (Å²) in [4.78, 5) is 29.4. The van der Waals surface area contributed by atoms with Crippen LogP contribution in [0.3, 0.4) is 0 Å². The maximum Gasteiger partial charge on any atom is 0.291 e. The fourth-order valence-corrected chi connectivity index (χ4v) is 3.24. The van der Waals surface area contributed by atoms with Crippen molar-refractivity contribution in [2.24, 2.45) is 0 Å². The van der Waals surface area contributed by atoms with Crippen LogP contribution in [0.25, 0.3) is 5.65 Å². The van der Waals surface area contributed by atoms with E-state index in [-0.39, 0.29) is 23.9 Å². The zero-order valence-electron chi connectivity index (χ0n) is 16.0. The Balaban J connectivity index is 1.54. The highest BCUT2D eigenvalue weighted by molar-refractivity contribution is 6.01. The van der Waals surface area contributed by atoms with Crippen LogP contribution in [-0.2, 0) is 11.2 Å². The number of pyridine rings is 1. The Kier molecular flexibility index (Phi) is 4.87. The van der Waals surface area contributed by atoms with Gasteiger partial charge in [0.25, 0.3) is 11.8 Å². The second-order valence-corrected chi connectivity index (χ2v) is 6.92. The zero-order chi connectivity index (χ0) is 20.5. The predicted octanol–water partition coefficient (Wildman–Crippen LogP) is 2.26. The van der Waals surface area contributed by atoms with Crippen LogP contribution < -0.4 is 15.4 Å². The molecule has 0 fully saturated rings. The molecule has 0 bridgehead atoms. The fourth-order valence-electron chi connectivity index (χ4n) is 3.24. The van der Waals surface area contributed by atoms with Crippen LogP contribution in [0.5, 0.6) is 5.75 Å². The van der Waals surface area contributed by atoms with Crippen LogP contribution in [0.1, 0.15) is 35.2 Å². The van der Waals surface area contributed by atoms with Gasteiger partial charge >= 0.3 is 0 Å². The molecule has 2 N–H and O–H groups in total. The van der Waals surface area contributed by atoms with Crippen molar-refractivity contribution >= 4 is 23.1 Å². The van der Waals surface area contributed by atoms with Gasteiger partial charge in [-0.1, -0.05) is 19.4 Å². The first-order valence-electron chi connectivity index (χ1n) is 9.35. The summed E-state index contributed by atoms with van der Waals surface area (Å²) in [5.41, 5.74) is 2.11. The minimum absolute atomic E-state index is 0.0348. The lowest BCUT2D eigenvalue weighted by Gasteiger charge is -2.13. The number of hydrogen-bond donors (Lipinski definition) is 2. The van der Waals surface area contributed by atoms with Gasteiger partial charge in [0, 0.05) is 5.69 Å². The van der Waals surface area contributed by atoms with Crippen molar-refractivity contribution in [3.05, 3.63) is 53.2 Å². The minimum Gasteiger partial charge on any atom is -0.489 e. The van der Waals surface area contributed by atoms with Gasteiger partial charge in [0.1, 0.15) is 24.1 Å². The van der Waals surface area contributed by atoms with Crippen LogP contribution >= 0.6 is 0 Å². The summed E-state index contributed by atoms with van der Waals surface area (Å²) in [5, 5.41) is 9.32. The second kappa shape index (κ2) is 7.50. The SMILES string of the molecule is CCCc1cccc2nc(C(=O)N[C@H]3COc4cc(C)cc(F)c4NC3=O)nn12. The average Bonchev–Trinajstić information content (AvgIpc) is 3.06. The molecule has 8 nitrogen and oxygen atoms in total. The number of aromatic nitrogens is 3. The molecule has 3 heterocycles. The zero-order valence-corrected chi connectivity index (χ0v) is 16.0. The molecule has 1 atom stereocenters. The maximum absolute atomic E-state index is 14.2. The van der Waals surface area contributed by atoms with Crippen LogP contribution in [-0.4, -0.2) is 39.1 Å². The van der Waals surface area contributed by atoms with E-state index in [1.165, 1.54) is 6.07 Å². The lowest BCUT2D eigenvalue weighted by molar-refractivity contribution is -0.118. The van der Waals surface area contributed by atoms with Crippen molar-refractivity contribution in [3.8, 4) is 5.75 Å². The van der Waals surface area contributed by atoms with Crippen LogP contribution in [0.2, 0.25) is 0 Å². The van der Waals surface area contributed by atoms with E-state index in [0.29, 0.717) is 11.2 Å². The van der Waals surface area contributed by atoms with E-state index < -0.39 is 23.7 Å². The minimum atomic E-state index is -1.02. The summed E-state index contributed by atoms with van der Waals surface area (Å²) >= 11 is 0. The summed E-state index contributed by atoms with van der Waals surface area (Å²) in [6.45, 7) is 3.64. The highest BCUT2D eigenvalue weighted by atomic mass is 19.1. The Morgan fingerprint density at radius 1 is 1.41 bits per heavy atom. The lowest BCUT2D eigenvalue weighted by atomic mass is 10.2. The fraction of sp³-hybridized carbons (Fsp3) is 0.300. The smallest absolute Gasteiger partial charge is 0.291 e. The predicted molar refractivity (Wildman–Crippen MR) is 103 cm³/mol. The molecule has 0 saturated carbocycles. The first-order valence-corrected chi connectivity index (χ1v) is 9.35. The molecule has 1 aromatic carbocycles. The normalized spacial score (nSPS) is 16.0. The van der Waals surface area contributed by atoms with Gasteiger partial charge < -0.3 is 15.4 Å². The molecule has 4 rings (SSSR count). The van der Waals surface area contributed by atoms with E-state index in [9.17, 15) is 14.0 Å². The third-order valence-corrected chi connectivity index (χ3v) is 4.62. The third-order valence-electron chi connectivity index (χ3n) is 4.62. The van der Waals surface area contributed by atoms with Crippen molar-refractivity contribution < 1.29 is 18.7 Å². The molecule has 3 aromatic rings. The van der Waals surface area contributed by atoms with Gasteiger partial charge in [-0.15, -0.1) is 5.10 Å². The quantitative estimate of drug-likeness (QED) is 0.704. The number of halogens is 1. The Hall–Kier alpha value is -3.49. The number of benzene rings is 1. The highest BCUT2D eigenvalue weighted by Gasteiger charge is 2.29. The van der Waals surface area contributed by atoms with Gasteiger partial charge in [0.2, 0.25) is 5.82 Å². The molecule has 29 heavy (non-hydrogen) atoms. The number of nitrogens with zero attached hydrogens (tertiary/aromatic N) is 3. The summed E-state index contributed by atoms with van der Waals surface area (Å²) in [7, 11) is 0. The monoisotopic (exact) mass is 397 g/mol. The van der Waals surface area contributed by atoms with Crippen LogP contribution in [0.15, 0.2) is 30.3 Å². The van der Waals surface area contributed by atoms with Crippen molar-refractivity contribution in [2.75, 3.05) is 11.9 Å². The van der Waals surface area contributed by atoms with E-state index in [1.54, 1.807) is 23.6 Å². The number of fused-ring (bicyclic) bond motifs is 2. The van der Waals surface area contributed by atoms with Gasteiger partial charge in [0.15, 0.2) is 11.5 Å². The van der Waals surface area contributed by atoms with Gasteiger partial charge in [-0.25, -0.2) is 13.9 Å². The Labute approximate surface area is 166 Å². The second-order valence-electron chi connectivity index (χ2n) is 6.92. The maximum atomic E-state index is 14.2. The van der Waals surface area contributed by atoms with E-state index in [0.717, 1.165) is 18.5 Å². The molecule has 0 unspecified atom stereocenters. The molecule has 0 spiro atoms. The Morgan fingerprint density at radius 3 is 3.03 bits per heavy atom. The van der Waals surface area contributed by atoms with Gasteiger partial charge in [-0.3, -0.25) is 9.59 Å². The number of ether oxygens (including phenoxy) is 1. The summed E-state index contributed by atoms with van der Waals surface area (Å²) < 4.78 is 21.3. The van der Waals surface area contributed by atoms with Crippen molar-refractivity contribution in [3.63, 3.8) is 0 Å². The summed E-state index contributed by atoms with van der Waals surface area (Å²) in [6, 6.07) is 7.45. The summed E-state index contributed by atoms with van der Waals surface area (Å²) in [5.74, 6) is -1.60. The highest BCUT2D eigenvalue weighted by Crippen LogP contribution is 2.31. The topological polar surface area (TPSA) is 97.6 Å². The van der Waals surface area contributed by atoms with Crippen LogP contribution in [0, 0.1) is 12.7 Å². The third kappa shape index (κ3) is 3.63. The molecule has 0 radical (unpaired) electrons. The molecule has 150 valence electrons. The first-order chi connectivity index (χ1) is 14.0. The van der Waals surface area contributed by atoms with E-state index in [2.05, 4.69) is 27.6 Å². The Morgan fingerprint density at radius 2 is 2.24 bits per heavy atom. The van der Waals surface area contributed by atoms with Crippen molar-refractivity contribution in [1.82, 2.24) is 19.9 Å². The number of amides is 2. The Bertz CT molecular complexity index is 1110. The molecule has 0 saturated heterocycles.